The van der Waals surface area contributed by atoms with Crippen LogP contribution in [-0.2, 0) is 11.4 Å². The van der Waals surface area contributed by atoms with E-state index in [1.54, 1.807) is 6.19 Å². The average molecular weight is 401 g/mol. The van der Waals surface area contributed by atoms with E-state index in [-0.39, 0.29) is 25.5 Å². The van der Waals surface area contributed by atoms with Crippen molar-refractivity contribution in [2.75, 3.05) is 6.61 Å². The summed E-state index contributed by atoms with van der Waals surface area (Å²) in [4.78, 5) is 13.9. The van der Waals surface area contributed by atoms with Crippen molar-refractivity contribution in [2.45, 2.75) is 37.5 Å². The number of aliphatic imine (C=N–C) groups is 2. The largest absolute Gasteiger partial charge is 0.396 e. The van der Waals surface area contributed by atoms with Crippen molar-refractivity contribution in [1.82, 2.24) is 15.6 Å². The maximum Gasteiger partial charge on any atom is 0.207 e. The normalized spacial score (nSPS) is 32.8. The molecule has 0 saturated heterocycles. The minimum Gasteiger partial charge on any atom is -0.396 e. The molecule has 3 N–H and O–H groups in total. The molecule has 0 amide bonds. The van der Waals surface area contributed by atoms with Crippen LogP contribution in [-0.4, -0.2) is 69.3 Å². The number of rotatable bonds is 5. The number of hydrogen-bond acceptors (Lipinski definition) is 9. The van der Waals surface area contributed by atoms with Gasteiger partial charge in [-0.3, -0.25) is 4.84 Å². The summed E-state index contributed by atoms with van der Waals surface area (Å²) in [5.41, 5.74) is 3.94. The Morgan fingerprint density at radius 1 is 1.38 bits per heavy atom. The van der Waals surface area contributed by atoms with Gasteiger partial charge < -0.3 is 10.2 Å². The summed E-state index contributed by atoms with van der Waals surface area (Å²) in [5, 5.41) is 35.3. The number of fused-ring (bicyclic) bond motifs is 1. The average Bonchev–Trinajstić information content (AvgIpc) is 3.29. The van der Waals surface area contributed by atoms with Crippen molar-refractivity contribution in [3.05, 3.63) is 35.9 Å². The number of benzene rings is 1. The van der Waals surface area contributed by atoms with E-state index in [1.165, 1.54) is 16.4 Å². The van der Waals surface area contributed by atoms with Crippen LogP contribution in [0.2, 0.25) is 0 Å². The highest BCUT2D eigenvalue weighted by atomic mass is 19.1. The van der Waals surface area contributed by atoms with Gasteiger partial charge in [0, 0.05) is 12.5 Å². The molecule has 152 valence electrons. The topological polar surface area (TPSA) is 129 Å². The summed E-state index contributed by atoms with van der Waals surface area (Å²) in [7, 11) is 0. The number of hydrogen-bond donors (Lipinski definition) is 3. The van der Waals surface area contributed by atoms with Gasteiger partial charge in [0.25, 0.3) is 0 Å². The zero-order valence-corrected chi connectivity index (χ0v) is 15.3. The predicted octanol–water partition coefficient (Wildman–Crippen LogP) is -0.0762. The number of hydrazone groups is 1. The molecule has 10 nitrogen and oxygen atoms in total. The monoisotopic (exact) mass is 401 g/mol. The van der Waals surface area contributed by atoms with Crippen LogP contribution in [0.1, 0.15) is 12.0 Å². The van der Waals surface area contributed by atoms with Crippen molar-refractivity contribution < 1.29 is 19.4 Å². The molecule has 3 aliphatic rings. The molecule has 5 atom stereocenters. The Morgan fingerprint density at radius 2 is 2.17 bits per heavy atom. The molecule has 0 aromatic heterocycles. The van der Waals surface area contributed by atoms with Crippen molar-refractivity contribution >= 4 is 17.9 Å². The predicted molar refractivity (Wildman–Crippen MR) is 101 cm³/mol. The molecule has 1 aromatic carbocycles. The summed E-state index contributed by atoms with van der Waals surface area (Å²) in [6.07, 6.45) is -0.242. The molecule has 1 saturated carbocycles. The fourth-order valence-electron chi connectivity index (χ4n) is 3.69. The lowest BCUT2D eigenvalue weighted by atomic mass is 10.1. The number of amidine groups is 1. The standard InChI is InChI=1S/C18H20FN7O3/c19-14-13(6-12(7-27)16(14)28)26-18-15(23-24-26)17(21-9-20)25(10-22-18)29-8-11-4-2-1-3-5-11/h1-5,10,12-14,16,18,24,27-28H,6-8H2. The smallest absolute Gasteiger partial charge is 0.207 e. The third-order valence-electron chi connectivity index (χ3n) is 5.23. The van der Waals surface area contributed by atoms with Gasteiger partial charge in [0.2, 0.25) is 6.19 Å². The van der Waals surface area contributed by atoms with Crippen LogP contribution >= 0.6 is 0 Å². The zero-order chi connectivity index (χ0) is 20.4. The van der Waals surface area contributed by atoms with Crippen molar-refractivity contribution in [2.24, 2.45) is 21.0 Å². The van der Waals surface area contributed by atoms with Crippen LogP contribution < -0.4 is 5.53 Å². The molecule has 4 rings (SSSR count). The number of nitriles is 1. The van der Waals surface area contributed by atoms with Gasteiger partial charge >= 0.3 is 0 Å². The Kier molecular flexibility index (Phi) is 5.50. The van der Waals surface area contributed by atoms with E-state index in [2.05, 4.69) is 20.6 Å². The Balaban J connectivity index is 1.52. The SMILES string of the molecule is N#CN=C1C2=NNN(C3CC(CO)C(O)C3F)C2N=CN1OCc1ccccc1. The molecule has 2 aliphatic heterocycles. The first-order chi connectivity index (χ1) is 14.1. The minimum atomic E-state index is -1.58. The van der Waals surface area contributed by atoms with Crippen molar-refractivity contribution in [3.63, 3.8) is 0 Å². The second-order valence-corrected chi connectivity index (χ2v) is 6.94. The first-order valence-corrected chi connectivity index (χ1v) is 9.15. The van der Waals surface area contributed by atoms with Gasteiger partial charge in [-0.25, -0.2) is 14.9 Å². The van der Waals surface area contributed by atoms with Gasteiger partial charge in [-0.1, -0.05) is 30.3 Å². The summed E-state index contributed by atoms with van der Waals surface area (Å²) in [6, 6.07) is 8.71. The molecule has 1 aromatic rings. The molecule has 5 unspecified atom stereocenters. The molecule has 1 aliphatic carbocycles. The van der Waals surface area contributed by atoms with E-state index in [0.29, 0.717) is 5.71 Å². The molecular weight excluding hydrogens is 381 g/mol. The lowest BCUT2D eigenvalue weighted by Crippen LogP contribution is -2.54. The molecule has 2 heterocycles. The first kappa shape index (κ1) is 19.4. The molecule has 29 heavy (non-hydrogen) atoms. The number of hydrazine groups is 1. The summed E-state index contributed by atoms with van der Waals surface area (Å²) >= 11 is 0. The number of aliphatic hydroxyl groups excluding tert-OH is 2. The number of nitrogens with one attached hydrogen (secondary N) is 1. The third kappa shape index (κ3) is 3.58. The number of halogens is 1. The molecule has 0 bridgehead atoms. The van der Waals surface area contributed by atoms with Gasteiger partial charge in [0.1, 0.15) is 24.8 Å². The Morgan fingerprint density at radius 3 is 2.86 bits per heavy atom. The van der Waals surface area contributed by atoms with E-state index in [0.717, 1.165) is 5.56 Å². The van der Waals surface area contributed by atoms with Gasteiger partial charge in [0.05, 0.1) is 12.1 Å². The fraction of sp³-hybridized carbons (Fsp3) is 0.444. The molecule has 1 fully saturated rings. The highest BCUT2D eigenvalue weighted by Crippen LogP contribution is 2.34. The van der Waals surface area contributed by atoms with Crippen LogP contribution in [0.5, 0.6) is 0 Å². The van der Waals surface area contributed by atoms with Gasteiger partial charge in [-0.05, 0) is 12.0 Å². The highest BCUT2D eigenvalue weighted by molar-refractivity contribution is 6.45. The number of aliphatic hydroxyl groups is 2. The van der Waals surface area contributed by atoms with Gasteiger partial charge in [-0.15, -0.1) is 0 Å². The maximum absolute atomic E-state index is 14.6. The number of hydroxylamine groups is 2. The quantitative estimate of drug-likeness (QED) is 0.589. The third-order valence-corrected chi connectivity index (χ3v) is 5.23. The lowest BCUT2D eigenvalue weighted by molar-refractivity contribution is -0.0506. The Bertz CT molecular complexity index is 872. The van der Waals surface area contributed by atoms with E-state index >= 15 is 0 Å². The Hall–Kier alpha value is -2.91. The lowest BCUT2D eigenvalue weighted by Gasteiger charge is -2.32. The molecule has 11 heteroatoms. The summed E-state index contributed by atoms with van der Waals surface area (Å²) in [5.74, 6) is -0.419. The van der Waals surface area contributed by atoms with Gasteiger partial charge in [-0.2, -0.15) is 25.4 Å². The second-order valence-electron chi connectivity index (χ2n) is 6.94. The van der Waals surface area contributed by atoms with E-state index in [4.69, 9.17) is 10.1 Å². The first-order valence-electron chi connectivity index (χ1n) is 9.15. The van der Waals surface area contributed by atoms with E-state index in [1.807, 2.05) is 30.3 Å². The van der Waals surface area contributed by atoms with Crippen molar-refractivity contribution in [1.29, 1.82) is 5.26 Å². The Labute approximate surface area is 166 Å². The van der Waals surface area contributed by atoms with E-state index < -0.39 is 30.4 Å². The highest BCUT2D eigenvalue weighted by Gasteiger charge is 2.50. The van der Waals surface area contributed by atoms with Gasteiger partial charge in [0.15, 0.2) is 12.0 Å². The van der Waals surface area contributed by atoms with Crippen LogP contribution in [0, 0.1) is 17.4 Å². The molecular formula is C18H20FN7O3. The van der Waals surface area contributed by atoms with E-state index in [9.17, 15) is 14.6 Å². The maximum atomic E-state index is 14.6. The number of alkyl halides is 1. The van der Waals surface area contributed by atoms with Crippen molar-refractivity contribution in [3.8, 4) is 6.19 Å². The number of nitrogens with zero attached hydrogens (tertiary/aromatic N) is 6. The van der Waals surface area contributed by atoms with Crippen LogP contribution in [0.25, 0.3) is 0 Å². The summed E-state index contributed by atoms with van der Waals surface area (Å²) in [6.45, 7) is -0.0816. The van der Waals surface area contributed by atoms with Crippen LogP contribution in [0.3, 0.4) is 0 Å². The molecule has 0 radical (unpaired) electrons. The molecule has 0 spiro atoms. The van der Waals surface area contributed by atoms with Crippen LogP contribution in [0.4, 0.5) is 4.39 Å². The minimum absolute atomic E-state index is 0.145. The summed E-state index contributed by atoms with van der Waals surface area (Å²) < 4.78 is 14.6. The second kappa shape index (κ2) is 8.22. The van der Waals surface area contributed by atoms with Crippen LogP contribution in [0.15, 0.2) is 45.4 Å². The fourth-order valence-corrected chi connectivity index (χ4v) is 3.69. The zero-order valence-electron chi connectivity index (χ0n) is 15.3.